The van der Waals surface area contributed by atoms with Crippen LogP contribution < -0.4 is 10.8 Å². The Bertz CT molecular complexity index is 115. The molecule has 2 saturated heterocycles. The molecule has 0 amide bonds. The normalized spacial score (nSPS) is 31.2. The van der Waals surface area contributed by atoms with Crippen molar-refractivity contribution in [2.24, 2.45) is 0 Å². The van der Waals surface area contributed by atoms with Gasteiger partial charge in [0.05, 0.1) is 5.54 Å². The fourth-order valence-electron chi connectivity index (χ4n) is 1.36. The third kappa shape index (κ3) is 1.03. The monoisotopic (exact) mass is 143 g/mol. The van der Waals surface area contributed by atoms with Crippen molar-refractivity contribution < 1.29 is 9.88 Å². The predicted molar refractivity (Wildman–Crippen MR) is 34.0 cm³/mol. The molecular formula is C6H11N2O2. The Kier molecular flexibility index (Phi) is 1.61. The first-order valence-electron chi connectivity index (χ1n) is 3.60. The molecule has 0 aliphatic carbocycles. The highest BCUT2D eigenvalue weighted by molar-refractivity contribution is 4.90. The van der Waals surface area contributed by atoms with Crippen molar-refractivity contribution in [1.29, 1.82) is 0 Å². The van der Waals surface area contributed by atoms with Gasteiger partial charge in [0.2, 0.25) is 0 Å². The molecule has 0 aromatic heterocycles. The summed E-state index contributed by atoms with van der Waals surface area (Å²) < 4.78 is 0. The molecular weight excluding hydrogens is 132 g/mol. The maximum atomic E-state index is 4.78. The highest BCUT2D eigenvalue weighted by atomic mass is 17.3. The number of nitrogens with zero attached hydrogens (tertiary/aromatic N) is 1. The van der Waals surface area contributed by atoms with Crippen LogP contribution in [0.3, 0.4) is 0 Å². The van der Waals surface area contributed by atoms with Gasteiger partial charge in [-0.15, -0.1) is 4.99 Å². The van der Waals surface area contributed by atoms with Crippen LogP contribution in [0.5, 0.6) is 0 Å². The van der Waals surface area contributed by atoms with Gasteiger partial charge >= 0.3 is 0 Å². The Labute approximate surface area is 59.8 Å². The highest BCUT2D eigenvalue weighted by Gasteiger charge is 2.37. The molecule has 4 heteroatoms. The molecule has 10 heavy (non-hydrogen) atoms. The van der Waals surface area contributed by atoms with E-state index < -0.39 is 0 Å². The number of hydroxylamine groups is 1. The number of hydrogen-bond acceptors (Lipinski definition) is 3. The molecule has 2 fully saturated rings. The lowest BCUT2D eigenvalue weighted by Crippen LogP contribution is -2.48. The summed E-state index contributed by atoms with van der Waals surface area (Å²) in [5.74, 6) is 0. The van der Waals surface area contributed by atoms with E-state index in [1.807, 2.05) is 0 Å². The number of rotatable bonds is 0. The second-order valence-corrected chi connectivity index (χ2v) is 2.90. The average Bonchev–Trinajstić information content (AvgIpc) is 2.39. The van der Waals surface area contributed by atoms with E-state index in [0.717, 1.165) is 25.9 Å². The van der Waals surface area contributed by atoms with Crippen molar-refractivity contribution in [3.8, 4) is 0 Å². The third-order valence-corrected chi connectivity index (χ3v) is 2.15. The van der Waals surface area contributed by atoms with Crippen LogP contribution in [-0.2, 0) is 9.88 Å². The zero-order valence-electron chi connectivity index (χ0n) is 5.80. The van der Waals surface area contributed by atoms with Crippen LogP contribution in [0.4, 0.5) is 0 Å². The zero-order chi connectivity index (χ0) is 6.86. The molecule has 1 radical (unpaired) electrons. The number of nitrogens with one attached hydrogen (secondary N) is 1. The van der Waals surface area contributed by atoms with E-state index in [1.54, 1.807) is 0 Å². The lowest BCUT2D eigenvalue weighted by atomic mass is 9.91. The summed E-state index contributed by atoms with van der Waals surface area (Å²) in [6.07, 6.45) is 2.07. The van der Waals surface area contributed by atoms with Crippen LogP contribution in [0.25, 0.3) is 0 Å². The molecule has 2 heterocycles. The summed E-state index contributed by atoms with van der Waals surface area (Å²) in [5, 5.41) is 4.24. The van der Waals surface area contributed by atoms with E-state index in [0.29, 0.717) is 6.61 Å². The molecule has 4 nitrogen and oxygen atoms in total. The van der Waals surface area contributed by atoms with E-state index in [4.69, 9.17) is 4.89 Å². The van der Waals surface area contributed by atoms with Gasteiger partial charge in [-0.1, -0.05) is 0 Å². The van der Waals surface area contributed by atoms with Crippen molar-refractivity contribution in [2.45, 2.75) is 18.4 Å². The van der Waals surface area contributed by atoms with E-state index >= 15 is 0 Å². The van der Waals surface area contributed by atoms with E-state index in [1.165, 1.54) is 0 Å². The molecule has 2 aliphatic rings. The Morgan fingerprint density at radius 2 is 2.10 bits per heavy atom. The van der Waals surface area contributed by atoms with E-state index in [2.05, 4.69) is 15.8 Å². The maximum absolute atomic E-state index is 4.78. The molecule has 57 valence electrons. The van der Waals surface area contributed by atoms with Crippen LogP contribution in [0.1, 0.15) is 12.8 Å². The Morgan fingerprint density at radius 3 is 2.70 bits per heavy atom. The first-order valence-corrected chi connectivity index (χ1v) is 3.60. The smallest absolute Gasteiger partial charge is 0.105 e. The topological polar surface area (TPSA) is 44.6 Å². The van der Waals surface area contributed by atoms with E-state index in [-0.39, 0.29) is 5.54 Å². The zero-order valence-corrected chi connectivity index (χ0v) is 5.80. The fourth-order valence-corrected chi connectivity index (χ4v) is 1.36. The Balaban J connectivity index is 1.98. The summed E-state index contributed by atoms with van der Waals surface area (Å²) in [4.78, 5) is 9.43. The summed E-state index contributed by atoms with van der Waals surface area (Å²) in [7, 11) is 0. The highest BCUT2D eigenvalue weighted by Crippen LogP contribution is 2.22. The van der Waals surface area contributed by atoms with Crippen LogP contribution in [0, 0.1) is 0 Å². The third-order valence-electron chi connectivity index (χ3n) is 2.15. The molecule has 1 spiro atoms. The van der Waals surface area contributed by atoms with Gasteiger partial charge < -0.3 is 0 Å². The first kappa shape index (κ1) is 6.54. The Morgan fingerprint density at radius 1 is 1.30 bits per heavy atom. The lowest BCUT2D eigenvalue weighted by molar-refractivity contribution is -0.286. The van der Waals surface area contributed by atoms with Gasteiger partial charge in [0.1, 0.15) is 6.61 Å². The van der Waals surface area contributed by atoms with Gasteiger partial charge in [-0.25, -0.2) is 10.2 Å². The van der Waals surface area contributed by atoms with Gasteiger partial charge in [-0.2, -0.15) is 5.48 Å². The molecule has 0 aromatic rings. The van der Waals surface area contributed by atoms with Gasteiger partial charge in [0, 0.05) is 13.1 Å². The second-order valence-electron chi connectivity index (χ2n) is 2.90. The molecule has 2 rings (SSSR count). The standard InChI is InChI=1S/C6H11N2O2/c1-3-7-4-2-6(1)5-9-10-8-6/h8H,1-5H2. The molecule has 0 saturated carbocycles. The maximum Gasteiger partial charge on any atom is 0.105 e. The SMILES string of the molecule is C1CC2(CC[N]1)COON2. The van der Waals surface area contributed by atoms with Crippen molar-refractivity contribution in [1.82, 2.24) is 10.8 Å². The minimum atomic E-state index is 0.0851. The van der Waals surface area contributed by atoms with Crippen LogP contribution in [0.15, 0.2) is 0 Å². The van der Waals surface area contributed by atoms with Crippen molar-refractivity contribution in [2.75, 3.05) is 19.7 Å². The largest absolute Gasteiger partial charge is 0.242 e. The van der Waals surface area contributed by atoms with Gasteiger partial charge in [0.25, 0.3) is 0 Å². The van der Waals surface area contributed by atoms with Crippen molar-refractivity contribution in [3.63, 3.8) is 0 Å². The summed E-state index contributed by atoms with van der Waals surface area (Å²) >= 11 is 0. The van der Waals surface area contributed by atoms with Gasteiger partial charge in [-0.3, -0.25) is 0 Å². The minimum Gasteiger partial charge on any atom is -0.242 e. The summed E-state index contributed by atoms with van der Waals surface area (Å²) in [6.45, 7) is 2.53. The summed E-state index contributed by atoms with van der Waals surface area (Å²) in [5.41, 5.74) is 2.97. The first-order chi connectivity index (χ1) is 4.91. The predicted octanol–water partition coefficient (Wildman–Crippen LogP) is -0.410. The van der Waals surface area contributed by atoms with Crippen molar-refractivity contribution in [3.05, 3.63) is 0 Å². The average molecular weight is 143 g/mol. The molecule has 0 bridgehead atoms. The molecule has 0 unspecified atom stereocenters. The van der Waals surface area contributed by atoms with E-state index in [9.17, 15) is 0 Å². The second kappa shape index (κ2) is 2.47. The van der Waals surface area contributed by atoms with Gasteiger partial charge in [0.15, 0.2) is 0 Å². The quantitative estimate of drug-likeness (QED) is 0.469. The lowest BCUT2D eigenvalue weighted by Gasteiger charge is -2.28. The fraction of sp³-hybridized carbons (Fsp3) is 1.00. The molecule has 0 aromatic carbocycles. The minimum absolute atomic E-state index is 0.0851. The van der Waals surface area contributed by atoms with Crippen LogP contribution in [-0.4, -0.2) is 25.2 Å². The van der Waals surface area contributed by atoms with Crippen LogP contribution in [0.2, 0.25) is 0 Å². The molecule has 2 aliphatic heterocycles. The number of piperidine rings is 1. The summed E-state index contributed by atoms with van der Waals surface area (Å²) in [6, 6.07) is 0. The van der Waals surface area contributed by atoms with Gasteiger partial charge in [-0.05, 0) is 12.8 Å². The Hall–Kier alpha value is -0.160. The van der Waals surface area contributed by atoms with Crippen molar-refractivity contribution >= 4 is 0 Å². The van der Waals surface area contributed by atoms with Crippen LogP contribution >= 0.6 is 0 Å². The molecule has 1 N–H and O–H groups in total. The molecule has 0 atom stereocenters. The number of hydrogen-bond donors (Lipinski definition) is 1.